The van der Waals surface area contributed by atoms with Crippen LogP contribution in [-0.2, 0) is 0 Å². The van der Waals surface area contributed by atoms with E-state index in [1.54, 1.807) is 55.5 Å². The fraction of sp³-hybridized carbons (Fsp3) is 0.0556. The first-order valence-electron chi connectivity index (χ1n) is 7.45. The molecule has 0 saturated carbocycles. The number of hydrogen-bond acceptors (Lipinski definition) is 4. The molecule has 3 rings (SSSR count). The van der Waals surface area contributed by atoms with Crippen molar-refractivity contribution in [2.24, 2.45) is 0 Å². The summed E-state index contributed by atoms with van der Waals surface area (Å²) in [6, 6.07) is 14.4. The number of carbonyl (C=O) groups is 1. The first-order chi connectivity index (χ1) is 12.0. The van der Waals surface area contributed by atoms with Gasteiger partial charge in [0.2, 0.25) is 5.95 Å². The van der Waals surface area contributed by atoms with E-state index in [4.69, 9.17) is 11.6 Å². The van der Waals surface area contributed by atoms with Gasteiger partial charge in [-0.15, -0.1) is 0 Å². The Hall–Kier alpha value is -2.99. The number of rotatable bonds is 4. The second-order valence-corrected chi connectivity index (χ2v) is 5.72. The predicted octanol–water partition coefficient (Wildman–Crippen LogP) is 4.57. The molecule has 1 amide bonds. The number of amides is 1. The highest BCUT2D eigenvalue weighted by atomic mass is 35.5. The number of aromatic nitrogens is 2. The maximum Gasteiger partial charge on any atom is 0.274 e. The number of hydrogen-bond donors (Lipinski definition) is 2. The van der Waals surface area contributed by atoms with Gasteiger partial charge in [0, 0.05) is 16.4 Å². The minimum absolute atomic E-state index is 0.145. The normalized spacial score (nSPS) is 10.4. The lowest BCUT2D eigenvalue weighted by atomic mass is 10.3. The molecular formula is C18H14ClFN4O. The molecular weight excluding hydrogens is 343 g/mol. The SMILES string of the molecule is Cc1cc(C(=O)Nc2ccc(Cl)cc2)nc(Nc2ccccc2F)n1. The van der Waals surface area contributed by atoms with Crippen molar-refractivity contribution < 1.29 is 9.18 Å². The quantitative estimate of drug-likeness (QED) is 0.718. The fourth-order valence-corrected chi connectivity index (χ4v) is 2.28. The number of anilines is 3. The van der Waals surface area contributed by atoms with Gasteiger partial charge in [0.25, 0.3) is 5.91 Å². The van der Waals surface area contributed by atoms with Gasteiger partial charge in [0.1, 0.15) is 11.5 Å². The number of nitrogens with zero attached hydrogens (tertiary/aromatic N) is 2. The Balaban J connectivity index is 1.82. The number of nitrogens with one attached hydrogen (secondary N) is 2. The van der Waals surface area contributed by atoms with Crippen LogP contribution in [0.15, 0.2) is 54.6 Å². The Bertz CT molecular complexity index is 915. The zero-order valence-corrected chi connectivity index (χ0v) is 14.0. The number of benzene rings is 2. The van der Waals surface area contributed by atoms with Gasteiger partial charge in [-0.05, 0) is 49.4 Å². The fourth-order valence-electron chi connectivity index (χ4n) is 2.15. The van der Waals surface area contributed by atoms with Crippen LogP contribution in [0.4, 0.5) is 21.7 Å². The molecule has 1 heterocycles. The van der Waals surface area contributed by atoms with Crippen molar-refractivity contribution in [3.8, 4) is 0 Å². The third-order valence-corrected chi connectivity index (χ3v) is 3.56. The van der Waals surface area contributed by atoms with Crippen LogP contribution in [0.5, 0.6) is 0 Å². The molecule has 0 radical (unpaired) electrons. The second kappa shape index (κ2) is 7.27. The van der Waals surface area contributed by atoms with Crippen LogP contribution in [0.25, 0.3) is 0 Å². The monoisotopic (exact) mass is 356 g/mol. The number of aryl methyl sites for hydroxylation is 1. The topological polar surface area (TPSA) is 66.9 Å². The van der Waals surface area contributed by atoms with Crippen LogP contribution in [-0.4, -0.2) is 15.9 Å². The molecule has 1 aromatic heterocycles. The van der Waals surface area contributed by atoms with Gasteiger partial charge < -0.3 is 10.6 Å². The molecule has 2 aromatic carbocycles. The first kappa shape index (κ1) is 16.9. The Morgan fingerprint density at radius 2 is 1.80 bits per heavy atom. The molecule has 0 aliphatic rings. The molecule has 0 aliphatic carbocycles. The molecule has 25 heavy (non-hydrogen) atoms. The molecule has 2 N–H and O–H groups in total. The Kier molecular flexibility index (Phi) is 4.90. The number of halogens is 2. The summed E-state index contributed by atoms with van der Waals surface area (Å²) in [6.07, 6.45) is 0. The van der Waals surface area contributed by atoms with E-state index in [2.05, 4.69) is 20.6 Å². The largest absolute Gasteiger partial charge is 0.322 e. The predicted molar refractivity (Wildman–Crippen MR) is 95.9 cm³/mol. The van der Waals surface area contributed by atoms with Gasteiger partial charge in [-0.3, -0.25) is 4.79 Å². The number of carbonyl (C=O) groups excluding carboxylic acids is 1. The summed E-state index contributed by atoms with van der Waals surface area (Å²) in [5, 5.41) is 6.09. The highest BCUT2D eigenvalue weighted by Gasteiger charge is 2.12. The lowest BCUT2D eigenvalue weighted by Crippen LogP contribution is -2.15. The average Bonchev–Trinajstić information content (AvgIpc) is 2.58. The highest BCUT2D eigenvalue weighted by molar-refractivity contribution is 6.30. The van der Waals surface area contributed by atoms with Crippen LogP contribution in [0.2, 0.25) is 5.02 Å². The van der Waals surface area contributed by atoms with Crippen LogP contribution in [0.3, 0.4) is 0 Å². The van der Waals surface area contributed by atoms with Crippen LogP contribution in [0, 0.1) is 12.7 Å². The summed E-state index contributed by atoms with van der Waals surface area (Å²) in [6.45, 7) is 1.73. The Morgan fingerprint density at radius 1 is 1.08 bits per heavy atom. The van der Waals surface area contributed by atoms with Gasteiger partial charge in [-0.2, -0.15) is 0 Å². The smallest absolute Gasteiger partial charge is 0.274 e. The molecule has 3 aromatic rings. The molecule has 5 nitrogen and oxygen atoms in total. The van der Waals surface area contributed by atoms with E-state index < -0.39 is 11.7 Å². The summed E-state index contributed by atoms with van der Waals surface area (Å²) in [7, 11) is 0. The van der Waals surface area contributed by atoms with E-state index in [0.29, 0.717) is 16.4 Å². The Morgan fingerprint density at radius 3 is 2.52 bits per heavy atom. The van der Waals surface area contributed by atoms with E-state index in [0.717, 1.165) is 0 Å². The highest BCUT2D eigenvalue weighted by Crippen LogP contribution is 2.18. The third kappa shape index (κ3) is 4.30. The van der Waals surface area contributed by atoms with Crippen LogP contribution >= 0.6 is 11.6 Å². The molecule has 0 aliphatic heterocycles. The molecule has 0 bridgehead atoms. The summed E-state index contributed by atoms with van der Waals surface area (Å²) >= 11 is 5.82. The average molecular weight is 357 g/mol. The summed E-state index contributed by atoms with van der Waals surface area (Å²) in [4.78, 5) is 20.7. The zero-order chi connectivity index (χ0) is 17.8. The molecule has 7 heteroatoms. The molecule has 0 atom stereocenters. The van der Waals surface area contributed by atoms with Crippen molar-refractivity contribution in [1.82, 2.24) is 9.97 Å². The zero-order valence-electron chi connectivity index (χ0n) is 13.3. The molecule has 0 unspecified atom stereocenters. The van der Waals surface area contributed by atoms with Gasteiger partial charge in [0.15, 0.2) is 0 Å². The maximum absolute atomic E-state index is 13.7. The van der Waals surface area contributed by atoms with E-state index in [-0.39, 0.29) is 17.3 Å². The maximum atomic E-state index is 13.7. The standard InChI is InChI=1S/C18H14ClFN4O/c1-11-10-16(17(25)22-13-8-6-12(19)7-9-13)24-18(21-11)23-15-5-3-2-4-14(15)20/h2-10H,1H3,(H,22,25)(H,21,23,24). The van der Waals surface area contributed by atoms with Gasteiger partial charge in [-0.1, -0.05) is 23.7 Å². The Labute approximate surface area is 148 Å². The molecule has 126 valence electrons. The first-order valence-corrected chi connectivity index (χ1v) is 7.83. The van der Waals surface area contributed by atoms with Crippen molar-refractivity contribution in [3.05, 3.63) is 76.8 Å². The molecule has 0 spiro atoms. The van der Waals surface area contributed by atoms with E-state index >= 15 is 0 Å². The minimum atomic E-state index is -0.431. The van der Waals surface area contributed by atoms with E-state index in [1.165, 1.54) is 6.07 Å². The molecule has 0 fully saturated rings. The van der Waals surface area contributed by atoms with Gasteiger partial charge >= 0.3 is 0 Å². The van der Waals surface area contributed by atoms with Crippen molar-refractivity contribution >= 4 is 34.8 Å². The summed E-state index contributed by atoms with van der Waals surface area (Å²) in [5.41, 5.74) is 1.57. The van der Waals surface area contributed by atoms with Crippen LogP contribution < -0.4 is 10.6 Å². The van der Waals surface area contributed by atoms with Crippen molar-refractivity contribution in [1.29, 1.82) is 0 Å². The van der Waals surface area contributed by atoms with Crippen molar-refractivity contribution in [2.45, 2.75) is 6.92 Å². The van der Waals surface area contributed by atoms with Crippen LogP contribution in [0.1, 0.15) is 16.2 Å². The lowest BCUT2D eigenvalue weighted by molar-refractivity contribution is 0.102. The third-order valence-electron chi connectivity index (χ3n) is 3.31. The van der Waals surface area contributed by atoms with Crippen molar-refractivity contribution in [2.75, 3.05) is 10.6 Å². The van der Waals surface area contributed by atoms with Gasteiger partial charge in [0.05, 0.1) is 5.69 Å². The summed E-state index contributed by atoms with van der Waals surface area (Å²) < 4.78 is 13.7. The van der Waals surface area contributed by atoms with Gasteiger partial charge in [-0.25, -0.2) is 14.4 Å². The minimum Gasteiger partial charge on any atom is -0.322 e. The summed E-state index contributed by atoms with van der Waals surface area (Å²) in [5.74, 6) is -0.685. The lowest BCUT2D eigenvalue weighted by Gasteiger charge is -2.09. The van der Waals surface area contributed by atoms with E-state index in [9.17, 15) is 9.18 Å². The van der Waals surface area contributed by atoms with E-state index in [1.807, 2.05) is 0 Å². The molecule has 0 saturated heterocycles. The van der Waals surface area contributed by atoms with Crippen molar-refractivity contribution in [3.63, 3.8) is 0 Å². The second-order valence-electron chi connectivity index (χ2n) is 5.28. The number of para-hydroxylation sites is 1.